The number of halogens is 2. The summed E-state index contributed by atoms with van der Waals surface area (Å²) in [4.78, 5) is 4.50. The van der Waals surface area contributed by atoms with Gasteiger partial charge in [-0.25, -0.2) is 9.37 Å². The molecule has 0 bridgehead atoms. The van der Waals surface area contributed by atoms with Gasteiger partial charge in [-0.1, -0.05) is 13.8 Å². The molecule has 1 atom stereocenters. The molecule has 0 fully saturated rings. The fraction of sp³-hybridized carbons (Fsp3) is 0.500. The zero-order valence-corrected chi connectivity index (χ0v) is 11.7. The van der Waals surface area contributed by atoms with Crippen LogP contribution < -0.4 is 0 Å². The summed E-state index contributed by atoms with van der Waals surface area (Å²) in [6.07, 6.45) is 1.03. The van der Waals surface area contributed by atoms with Crippen molar-refractivity contribution in [3.05, 3.63) is 29.8 Å². The summed E-state index contributed by atoms with van der Waals surface area (Å²) >= 11 is 6.16. The van der Waals surface area contributed by atoms with Crippen LogP contribution in [0.1, 0.15) is 38.4 Å². The monoisotopic (exact) mass is 268 g/mol. The molecule has 0 spiro atoms. The van der Waals surface area contributed by atoms with Crippen LogP contribution in [0.2, 0.25) is 0 Å². The number of benzene rings is 1. The molecule has 0 saturated heterocycles. The van der Waals surface area contributed by atoms with Crippen molar-refractivity contribution in [1.82, 2.24) is 9.55 Å². The minimum Gasteiger partial charge on any atom is -0.327 e. The van der Waals surface area contributed by atoms with Crippen molar-refractivity contribution >= 4 is 22.6 Å². The Morgan fingerprint density at radius 2 is 2.06 bits per heavy atom. The molecule has 0 aliphatic carbocycles. The molecule has 0 N–H and O–H groups in total. The van der Waals surface area contributed by atoms with E-state index in [-0.39, 0.29) is 11.2 Å². The lowest BCUT2D eigenvalue weighted by Gasteiger charge is -2.12. The number of fused-ring (bicyclic) bond motifs is 1. The number of aryl methyl sites for hydroxylation is 1. The molecule has 0 aliphatic rings. The molecule has 1 unspecified atom stereocenters. The van der Waals surface area contributed by atoms with Crippen LogP contribution in [-0.4, -0.2) is 9.55 Å². The van der Waals surface area contributed by atoms with Gasteiger partial charge in [-0.2, -0.15) is 0 Å². The third kappa shape index (κ3) is 2.66. The minimum atomic E-state index is -0.234. The van der Waals surface area contributed by atoms with Gasteiger partial charge < -0.3 is 4.57 Å². The average molecular weight is 269 g/mol. The zero-order valence-electron chi connectivity index (χ0n) is 11.0. The summed E-state index contributed by atoms with van der Waals surface area (Å²) in [6, 6.07) is 4.68. The third-order valence-electron chi connectivity index (χ3n) is 3.03. The number of aromatic nitrogens is 2. The maximum atomic E-state index is 13.4. The second-order valence-corrected chi connectivity index (χ2v) is 5.71. The molecular weight excluding hydrogens is 251 g/mol. The standard InChI is InChI=1S/C14H18ClFN2/c1-9(2)6-7-18-13-8-11(16)4-5-12(13)17-14(18)10(3)15/h4-5,8-10H,6-7H2,1-3H3. The van der Waals surface area contributed by atoms with E-state index in [0.29, 0.717) is 5.92 Å². The Balaban J connectivity index is 2.50. The molecule has 18 heavy (non-hydrogen) atoms. The molecule has 0 aliphatic heterocycles. The lowest BCUT2D eigenvalue weighted by atomic mass is 10.1. The van der Waals surface area contributed by atoms with Crippen molar-refractivity contribution in [2.24, 2.45) is 5.92 Å². The second-order valence-electron chi connectivity index (χ2n) is 5.05. The van der Waals surface area contributed by atoms with Crippen molar-refractivity contribution in [3.63, 3.8) is 0 Å². The third-order valence-corrected chi connectivity index (χ3v) is 3.22. The van der Waals surface area contributed by atoms with Gasteiger partial charge in [0.2, 0.25) is 0 Å². The Labute approximate surface area is 112 Å². The Bertz CT molecular complexity index is 546. The molecule has 1 heterocycles. The number of rotatable bonds is 4. The predicted octanol–water partition coefficient (Wildman–Crippen LogP) is 4.52. The van der Waals surface area contributed by atoms with Crippen molar-refractivity contribution in [2.45, 2.75) is 39.1 Å². The fourth-order valence-electron chi connectivity index (χ4n) is 2.04. The first-order valence-electron chi connectivity index (χ1n) is 6.28. The largest absolute Gasteiger partial charge is 0.327 e. The van der Waals surface area contributed by atoms with E-state index >= 15 is 0 Å². The van der Waals surface area contributed by atoms with Gasteiger partial charge >= 0.3 is 0 Å². The number of alkyl halides is 1. The van der Waals surface area contributed by atoms with E-state index in [4.69, 9.17) is 11.6 Å². The van der Waals surface area contributed by atoms with E-state index in [2.05, 4.69) is 18.8 Å². The quantitative estimate of drug-likeness (QED) is 0.746. The van der Waals surface area contributed by atoms with E-state index in [0.717, 1.165) is 29.8 Å². The number of nitrogens with zero attached hydrogens (tertiary/aromatic N) is 2. The molecule has 2 rings (SSSR count). The molecule has 4 heteroatoms. The van der Waals surface area contributed by atoms with Crippen LogP contribution in [0, 0.1) is 11.7 Å². The summed E-state index contributed by atoms with van der Waals surface area (Å²) in [6.45, 7) is 7.06. The van der Waals surface area contributed by atoms with Crippen molar-refractivity contribution in [1.29, 1.82) is 0 Å². The maximum absolute atomic E-state index is 13.4. The molecule has 2 nitrogen and oxygen atoms in total. The predicted molar refractivity (Wildman–Crippen MR) is 73.4 cm³/mol. The average Bonchev–Trinajstić information content (AvgIpc) is 2.64. The highest BCUT2D eigenvalue weighted by molar-refractivity contribution is 6.20. The van der Waals surface area contributed by atoms with Crippen LogP contribution in [0.4, 0.5) is 4.39 Å². The Morgan fingerprint density at radius 1 is 1.33 bits per heavy atom. The first kappa shape index (κ1) is 13.3. The summed E-state index contributed by atoms with van der Waals surface area (Å²) in [5, 5.41) is -0.173. The van der Waals surface area contributed by atoms with Gasteiger partial charge in [0.05, 0.1) is 16.4 Å². The normalized spacial score (nSPS) is 13.4. The number of imidazole rings is 1. The van der Waals surface area contributed by atoms with Crippen LogP contribution in [-0.2, 0) is 6.54 Å². The fourth-order valence-corrected chi connectivity index (χ4v) is 2.21. The highest BCUT2D eigenvalue weighted by Crippen LogP contribution is 2.25. The van der Waals surface area contributed by atoms with Gasteiger partial charge in [0, 0.05) is 6.54 Å². The molecule has 2 aromatic rings. The van der Waals surface area contributed by atoms with Crippen molar-refractivity contribution < 1.29 is 4.39 Å². The molecule has 0 radical (unpaired) electrons. The van der Waals surface area contributed by atoms with Gasteiger partial charge in [-0.3, -0.25) is 0 Å². The van der Waals surface area contributed by atoms with E-state index < -0.39 is 0 Å². The first-order chi connectivity index (χ1) is 8.49. The first-order valence-corrected chi connectivity index (χ1v) is 6.72. The summed E-state index contributed by atoms with van der Waals surface area (Å²) in [7, 11) is 0. The van der Waals surface area contributed by atoms with E-state index in [1.165, 1.54) is 12.1 Å². The maximum Gasteiger partial charge on any atom is 0.127 e. The lowest BCUT2D eigenvalue weighted by molar-refractivity contribution is 0.512. The minimum absolute atomic E-state index is 0.173. The van der Waals surface area contributed by atoms with Crippen LogP contribution >= 0.6 is 11.6 Å². The van der Waals surface area contributed by atoms with Crippen LogP contribution in [0.3, 0.4) is 0 Å². The van der Waals surface area contributed by atoms with Gasteiger partial charge in [0.15, 0.2) is 0 Å². The SMILES string of the molecule is CC(C)CCn1c(C(C)Cl)nc2ccc(F)cc21. The van der Waals surface area contributed by atoms with Crippen molar-refractivity contribution in [3.8, 4) is 0 Å². The highest BCUT2D eigenvalue weighted by Gasteiger charge is 2.15. The number of hydrogen-bond donors (Lipinski definition) is 0. The van der Waals surface area contributed by atoms with Gasteiger partial charge in [0.25, 0.3) is 0 Å². The van der Waals surface area contributed by atoms with E-state index in [9.17, 15) is 4.39 Å². The van der Waals surface area contributed by atoms with Gasteiger partial charge in [-0.05, 0) is 37.5 Å². The highest BCUT2D eigenvalue weighted by atomic mass is 35.5. The van der Waals surface area contributed by atoms with E-state index in [1.807, 2.05) is 11.5 Å². The van der Waals surface area contributed by atoms with Gasteiger partial charge in [0.1, 0.15) is 11.6 Å². The smallest absolute Gasteiger partial charge is 0.127 e. The molecule has 1 aromatic heterocycles. The van der Waals surface area contributed by atoms with Crippen molar-refractivity contribution in [2.75, 3.05) is 0 Å². The number of hydrogen-bond acceptors (Lipinski definition) is 1. The molecule has 0 saturated carbocycles. The second kappa shape index (κ2) is 5.27. The Kier molecular flexibility index (Phi) is 3.91. The summed E-state index contributed by atoms with van der Waals surface area (Å²) in [5.41, 5.74) is 1.64. The molecule has 0 amide bonds. The van der Waals surface area contributed by atoms with Gasteiger partial charge in [-0.15, -0.1) is 11.6 Å². The van der Waals surface area contributed by atoms with Crippen LogP contribution in [0.15, 0.2) is 18.2 Å². The topological polar surface area (TPSA) is 17.8 Å². The van der Waals surface area contributed by atoms with Crippen LogP contribution in [0.5, 0.6) is 0 Å². The molecular formula is C14H18ClFN2. The molecule has 98 valence electrons. The Hall–Kier alpha value is -1.09. The Morgan fingerprint density at radius 3 is 2.67 bits per heavy atom. The van der Waals surface area contributed by atoms with E-state index in [1.54, 1.807) is 6.07 Å². The summed E-state index contributed by atoms with van der Waals surface area (Å²) < 4.78 is 15.4. The molecule has 1 aromatic carbocycles. The van der Waals surface area contributed by atoms with Crippen LogP contribution in [0.25, 0.3) is 11.0 Å². The lowest BCUT2D eigenvalue weighted by Crippen LogP contribution is -2.06. The zero-order chi connectivity index (χ0) is 13.3. The summed E-state index contributed by atoms with van der Waals surface area (Å²) in [5.74, 6) is 1.18.